The molecule has 1 nitrogen and oxygen atoms in total. The van der Waals surface area contributed by atoms with Gasteiger partial charge in [0.05, 0.1) is 0 Å². The highest BCUT2D eigenvalue weighted by Crippen LogP contribution is 2.43. The lowest BCUT2D eigenvalue weighted by Crippen LogP contribution is -2.18. The predicted octanol–water partition coefficient (Wildman–Crippen LogP) is 10.1. The standard InChI is InChI=1S/C30H46O.C2H6/c1-8-13-15-16-17-19-27-26(12-5)29(22-23(6)10-3)28(30(27)31)21-20-25(18-14-9-2)24(7)11-4;1-2/h8,10,13-16,18,23,27-28H,3,9,11-12,17,19-22H2,1-2,4-7H3;1-2H3/b13-8-,16-15-,18-14-,25-24+;. The van der Waals surface area contributed by atoms with Crippen LogP contribution in [0.3, 0.4) is 0 Å². The summed E-state index contributed by atoms with van der Waals surface area (Å²) in [6.07, 6.45) is 22.9. The van der Waals surface area contributed by atoms with Gasteiger partial charge in [-0.1, -0.05) is 101 Å². The SMILES string of the molecule is C=CC(C)CC1=C(CC)C(CC/C=C\C=C/C)C(=O)C1CCC(/C=C\CC)=C(\C)CC.CC. The minimum absolute atomic E-state index is 0.0801. The summed E-state index contributed by atoms with van der Waals surface area (Å²) in [4.78, 5) is 13.6. The molecule has 1 heteroatoms. The lowest BCUT2D eigenvalue weighted by atomic mass is 9.86. The molecule has 0 fully saturated rings. The Labute approximate surface area is 206 Å². The smallest absolute Gasteiger partial charge is 0.147 e. The largest absolute Gasteiger partial charge is 0.298 e. The lowest BCUT2D eigenvalue weighted by molar-refractivity contribution is -0.123. The molecule has 186 valence electrons. The summed E-state index contributed by atoms with van der Waals surface area (Å²) in [6.45, 7) is 21.1. The van der Waals surface area contributed by atoms with Gasteiger partial charge in [0.15, 0.2) is 0 Å². The van der Waals surface area contributed by atoms with Crippen molar-refractivity contribution in [1.29, 1.82) is 0 Å². The van der Waals surface area contributed by atoms with Gasteiger partial charge in [-0.25, -0.2) is 0 Å². The average molecular weight is 453 g/mol. The van der Waals surface area contributed by atoms with Crippen molar-refractivity contribution in [2.45, 2.75) is 107 Å². The molecule has 0 aromatic heterocycles. The first-order valence-corrected chi connectivity index (χ1v) is 13.5. The molecular weight excluding hydrogens is 400 g/mol. The highest BCUT2D eigenvalue weighted by Gasteiger charge is 2.39. The summed E-state index contributed by atoms with van der Waals surface area (Å²) in [7, 11) is 0. The Bertz CT molecular complexity index is 726. The van der Waals surface area contributed by atoms with Crippen LogP contribution < -0.4 is 0 Å². The van der Waals surface area contributed by atoms with Gasteiger partial charge < -0.3 is 0 Å². The molecule has 1 aliphatic rings. The maximum atomic E-state index is 13.6. The second-order valence-corrected chi connectivity index (χ2v) is 8.87. The number of carbonyl (C=O) groups is 1. The van der Waals surface area contributed by atoms with Crippen LogP contribution in [0.2, 0.25) is 0 Å². The van der Waals surface area contributed by atoms with Gasteiger partial charge in [-0.05, 0) is 76.7 Å². The fourth-order valence-corrected chi connectivity index (χ4v) is 4.62. The summed E-state index contributed by atoms with van der Waals surface area (Å²) in [5.41, 5.74) is 5.71. The molecule has 0 radical (unpaired) electrons. The van der Waals surface area contributed by atoms with Crippen molar-refractivity contribution >= 4 is 5.78 Å². The minimum atomic E-state index is 0.0801. The molecule has 0 aromatic carbocycles. The van der Waals surface area contributed by atoms with Gasteiger partial charge in [0.25, 0.3) is 0 Å². The molecule has 0 heterocycles. The van der Waals surface area contributed by atoms with Crippen LogP contribution in [-0.4, -0.2) is 5.78 Å². The molecule has 1 aliphatic carbocycles. The van der Waals surface area contributed by atoms with Crippen LogP contribution in [0.15, 0.2) is 71.4 Å². The Morgan fingerprint density at radius 1 is 1.03 bits per heavy atom. The molecule has 3 unspecified atom stereocenters. The molecule has 3 atom stereocenters. The molecule has 0 aromatic rings. The van der Waals surface area contributed by atoms with Crippen molar-refractivity contribution in [3.05, 3.63) is 71.4 Å². The van der Waals surface area contributed by atoms with E-state index in [0.29, 0.717) is 11.7 Å². The van der Waals surface area contributed by atoms with Crippen molar-refractivity contribution in [3.63, 3.8) is 0 Å². The van der Waals surface area contributed by atoms with E-state index in [-0.39, 0.29) is 11.8 Å². The quantitative estimate of drug-likeness (QED) is 0.189. The first kappa shape index (κ1) is 31.1. The monoisotopic (exact) mass is 452 g/mol. The number of rotatable bonds is 14. The zero-order chi connectivity index (χ0) is 25.2. The van der Waals surface area contributed by atoms with E-state index < -0.39 is 0 Å². The summed E-state index contributed by atoms with van der Waals surface area (Å²) in [5, 5.41) is 0. The fourth-order valence-electron chi connectivity index (χ4n) is 4.62. The van der Waals surface area contributed by atoms with E-state index in [9.17, 15) is 4.79 Å². The van der Waals surface area contributed by atoms with Gasteiger partial charge in [0.2, 0.25) is 0 Å². The summed E-state index contributed by atoms with van der Waals surface area (Å²) < 4.78 is 0. The number of hydrogen-bond donors (Lipinski definition) is 0. The molecule has 0 amide bonds. The first-order chi connectivity index (χ1) is 15.9. The van der Waals surface area contributed by atoms with Crippen LogP contribution in [0.1, 0.15) is 107 Å². The highest BCUT2D eigenvalue weighted by molar-refractivity contribution is 5.92. The van der Waals surface area contributed by atoms with Crippen LogP contribution in [-0.2, 0) is 4.79 Å². The summed E-state index contributed by atoms with van der Waals surface area (Å²) in [6, 6.07) is 0. The maximum Gasteiger partial charge on any atom is 0.147 e. The van der Waals surface area contributed by atoms with Gasteiger partial charge >= 0.3 is 0 Å². The predicted molar refractivity (Wildman–Crippen MR) is 149 cm³/mol. The van der Waals surface area contributed by atoms with E-state index in [1.54, 1.807) is 0 Å². The van der Waals surface area contributed by atoms with E-state index in [2.05, 4.69) is 71.6 Å². The summed E-state index contributed by atoms with van der Waals surface area (Å²) in [5.74, 6) is 1.06. The molecule has 0 spiro atoms. The molecule has 0 saturated carbocycles. The Kier molecular flexibility index (Phi) is 17.5. The third kappa shape index (κ3) is 10.3. The fraction of sp³-hybridized carbons (Fsp3) is 0.594. The maximum absolute atomic E-state index is 13.6. The highest BCUT2D eigenvalue weighted by atomic mass is 16.1. The zero-order valence-electron chi connectivity index (χ0n) is 23.0. The van der Waals surface area contributed by atoms with Gasteiger partial charge in [-0.15, -0.1) is 6.58 Å². The van der Waals surface area contributed by atoms with Crippen LogP contribution >= 0.6 is 0 Å². The average Bonchev–Trinajstić information content (AvgIpc) is 3.09. The van der Waals surface area contributed by atoms with Crippen molar-refractivity contribution in [1.82, 2.24) is 0 Å². The zero-order valence-corrected chi connectivity index (χ0v) is 23.0. The van der Waals surface area contributed by atoms with Gasteiger partial charge in [-0.2, -0.15) is 0 Å². The third-order valence-electron chi connectivity index (χ3n) is 6.66. The van der Waals surface area contributed by atoms with Crippen molar-refractivity contribution in [2.24, 2.45) is 17.8 Å². The Balaban J connectivity index is 0.00000497. The topological polar surface area (TPSA) is 17.1 Å². The Morgan fingerprint density at radius 3 is 2.24 bits per heavy atom. The van der Waals surface area contributed by atoms with Gasteiger partial charge in [0, 0.05) is 11.8 Å². The van der Waals surface area contributed by atoms with Crippen LogP contribution in [0.5, 0.6) is 0 Å². The summed E-state index contributed by atoms with van der Waals surface area (Å²) >= 11 is 0. The molecule has 1 rings (SSSR count). The second kappa shape index (κ2) is 18.5. The molecular formula is C32H52O. The number of ketones is 1. The normalized spacial score (nSPS) is 20.5. The van der Waals surface area contributed by atoms with Crippen molar-refractivity contribution < 1.29 is 4.79 Å². The Morgan fingerprint density at radius 2 is 1.70 bits per heavy atom. The number of carbonyl (C=O) groups excluding carboxylic acids is 1. The molecule has 0 saturated heterocycles. The number of Topliss-reactive ketones (excluding diaryl/α,β-unsaturated/α-hetero) is 1. The molecule has 0 aliphatic heterocycles. The number of hydrogen-bond acceptors (Lipinski definition) is 1. The van der Waals surface area contributed by atoms with Gasteiger partial charge in [0.1, 0.15) is 5.78 Å². The third-order valence-corrected chi connectivity index (χ3v) is 6.66. The van der Waals surface area contributed by atoms with Crippen LogP contribution in [0.4, 0.5) is 0 Å². The van der Waals surface area contributed by atoms with E-state index in [1.807, 2.05) is 32.9 Å². The number of allylic oxidation sites excluding steroid dienone is 11. The Hall–Kier alpha value is -1.89. The van der Waals surface area contributed by atoms with Crippen LogP contribution in [0, 0.1) is 17.8 Å². The molecule has 0 bridgehead atoms. The van der Waals surface area contributed by atoms with E-state index in [4.69, 9.17) is 0 Å². The first-order valence-electron chi connectivity index (χ1n) is 13.5. The van der Waals surface area contributed by atoms with E-state index in [1.165, 1.54) is 22.3 Å². The van der Waals surface area contributed by atoms with Crippen molar-refractivity contribution in [3.8, 4) is 0 Å². The van der Waals surface area contributed by atoms with Crippen LogP contribution in [0.25, 0.3) is 0 Å². The second-order valence-electron chi connectivity index (χ2n) is 8.87. The molecule has 0 N–H and O–H groups in total. The van der Waals surface area contributed by atoms with Gasteiger partial charge in [-0.3, -0.25) is 4.79 Å². The van der Waals surface area contributed by atoms with E-state index >= 15 is 0 Å². The van der Waals surface area contributed by atoms with E-state index in [0.717, 1.165) is 51.4 Å². The molecule has 33 heavy (non-hydrogen) atoms. The lowest BCUT2D eigenvalue weighted by Gasteiger charge is -2.18. The minimum Gasteiger partial charge on any atom is -0.298 e. The van der Waals surface area contributed by atoms with Crippen molar-refractivity contribution in [2.75, 3.05) is 0 Å².